The van der Waals surface area contributed by atoms with Crippen LogP contribution in [0.1, 0.15) is 30.2 Å². The average Bonchev–Trinajstić information content (AvgIpc) is 2.48. The molecule has 1 aromatic heterocycles. The lowest BCUT2D eigenvalue weighted by molar-refractivity contribution is 0.109. The summed E-state index contributed by atoms with van der Waals surface area (Å²) in [4.78, 5) is 10.2. The van der Waals surface area contributed by atoms with E-state index in [1.807, 2.05) is 19.9 Å². The summed E-state index contributed by atoms with van der Waals surface area (Å²) >= 11 is 0. The van der Waals surface area contributed by atoms with Gasteiger partial charge in [0.1, 0.15) is 5.76 Å². The minimum atomic E-state index is 0.396. The fourth-order valence-corrected chi connectivity index (χ4v) is 0.872. The van der Waals surface area contributed by atoms with E-state index in [1.54, 1.807) is 6.07 Å². The van der Waals surface area contributed by atoms with E-state index in [1.165, 1.54) is 5.57 Å². The number of carbonyl (C=O) groups excluding carboxylic acids is 1. The van der Waals surface area contributed by atoms with Crippen LogP contribution in [0.3, 0.4) is 0 Å². The van der Waals surface area contributed by atoms with Crippen molar-refractivity contribution in [2.75, 3.05) is 0 Å². The molecule has 64 valence electrons. The summed E-state index contributed by atoms with van der Waals surface area (Å²) in [7, 11) is 0. The van der Waals surface area contributed by atoms with Crippen LogP contribution in [0.4, 0.5) is 0 Å². The highest BCUT2D eigenvalue weighted by atomic mass is 16.3. The Hall–Kier alpha value is -1.31. The zero-order chi connectivity index (χ0) is 8.97. The van der Waals surface area contributed by atoms with Gasteiger partial charge >= 0.3 is 0 Å². The average molecular weight is 164 g/mol. The van der Waals surface area contributed by atoms with E-state index in [9.17, 15) is 4.79 Å². The van der Waals surface area contributed by atoms with Gasteiger partial charge in [-0.05, 0) is 26.0 Å². The van der Waals surface area contributed by atoms with Crippen LogP contribution in [-0.2, 0) is 6.42 Å². The molecule has 0 N–H and O–H groups in total. The Balaban J connectivity index is 2.64. The van der Waals surface area contributed by atoms with Crippen molar-refractivity contribution in [1.82, 2.24) is 0 Å². The van der Waals surface area contributed by atoms with Gasteiger partial charge in [0.2, 0.25) is 0 Å². The van der Waals surface area contributed by atoms with Crippen LogP contribution >= 0.6 is 0 Å². The third-order valence-corrected chi connectivity index (χ3v) is 1.51. The Morgan fingerprint density at radius 1 is 1.50 bits per heavy atom. The summed E-state index contributed by atoms with van der Waals surface area (Å²) in [6, 6.07) is 3.50. The second-order valence-electron chi connectivity index (χ2n) is 2.91. The Kier molecular flexibility index (Phi) is 2.86. The molecule has 0 saturated heterocycles. The van der Waals surface area contributed by atoms with Crippen LogP contribution in [0.5, 0.6) is 0 Å². The normalized spacial score (nSPS) is 9.50. The molecule has 0 atom stereocenters. The standard InChI is InChI=1S/C10H12O2/c1-8(2)3-4-9-5-6-10(7-11)12-9/h3,5-7H,4H2,1-2H3. The largest absolute Gasteiger partial charge is 0.458 e. The molecule has 1 rings (SSSR count). The Bertz CT molecular complexity index is 291. The molecule has 0 amide bonds. The Morgan fingerprint density at radius 2 is 2.25 bits per heavy atom. The fraction of sp³-hybridized carbons (Fsp3) is 0.300. The Morgan fingerprint density at radius 3 is 2.75 bits per heavy atom. The molecule has 0 unspecified atom stereocenters. The zero-order valence-electron chi connectivity index (χ0n) is 7.33. The first-order valence-electron chi connectivity index (χ1n) is 3.89. The lowest BCUT2D eigenvalue weighted by Gasteiger charge is -1.89. The molecule has 2 nitrogen and oxygen atoms in total. The number of hydrogen-bond acceptors (Lipinski definition) is 2. The number of furan rings is 1. The molecule has 0 aromatic carbocycles. The maximum Gasteiger partial charge on any atom is 0.185 e. The molecule has 0 aliphatic rings. The molecular weight excluding hydrogens is 152 g/mol. The van der Waals surface area contributed by atoms with Gasteiger partial charge in [-0.2, -0.15) is 0 Å². The molecule has 0 saturated carbocycles. The SMILES string of the molecule is CC(C)=CCc1ccc(C=O)o1. The van der Waals surface area contributed by atoms with Crippen LogP contribution in [0.15, 0.2) is 28.2 Å². The van der Waals surface area contributed by atoms with Crippen molar-refractivity contribution in [3.63, 3.8) is 0 Å². The molecule has 1 heterocycles. The highest BCUT2D eigenvalue weighted by molar-refractivity contribution is 5.70. The molecule has 12 heavy (non-hydrogen) atoms. The van der Waals surface area contributed by atoms with Crippen molar-refractivity contribution in [3.05, 3.63) is 35.3 Å². The predicted molar refractivity (Wildman–Crippen MR) is 47.2 cm³/mol. The molecule has 0 spiro atoms. The summed E-state index contributed by atoms with van der Waals surface area (Å²) in [5.74, 6) is 1.23. The van der Waals surface area contributed by atoms with E-state index in [4.69, 9.17) is 4.42 Å². The second-order valence-corrected chi connectivity index (χ2v) is 2.91. The van der Waals surface area contributed by atoms with Gasteiger partial charge in [0, 0.05) is 6.42 Å². The van der Waals surface area contributed by atoms with Crippen molar-refractivity contribution >= 4 is 6.29 Å². The minimum absolute atomic E-state index is 0.396. The number of rotatable bonds is 3. The second kappa shape index (κ2) is 3.90. The summed E-state index contributed by atoms with van der Waals surface area (Å²) in [5.41, 5.74) is 1.25. The highest BCUT2D eigenvalue weighted by Crippen LogP contribution is 2.07. The van der Waals surface area contributed by atoms with Gasteiger partial charge in [-0.25, -0.2) is 0 Å². The van der Waals surface area contributed by atoms with Gasteiger partial charge in [0.15, 0.2) is 12.0 Å². The van der Waals surface area contributed by atoms with E-state index in [0.717, 1.165) is 12.2 Å². The number of hydrogen-bond donors (Lipinski definition) is 0. The van der Waals surface area contributed by atoms with E-state index >= 15 is 0 Å². The topological polar surface area (TPSA) is 30.2 Å². The van der Waals surface area contributed by atoms with Gasteiger partial charge in [-0.1, -0.05) is 11.6 Å². The van der Waals surface area contributed by atoms with Gasteiger partial charge in [-0.15, -0.1) is 0 Å². The fourth-order valence-electron chi connectivity index (χ4n) is 0.872. The third kappa shape index (κ3) is 2.38. The van der Waals surface area contributed by atoms with Crippen molar-refractivity contribution in [1.29, 1.82) is 0 Å². The van der Waals surface area contributed by atoms with E-state index in [2.05, 4.69) is 6.08 Å². The predicted octanol–water partition coefficient (Wildman–Crippen LogP) is 2.60. The van der Waals surface area contributed by atoms with Crippen molar-refractivity contribution in [2.24, 2.45) is 0 Å². The minimum Gasteiger partial charge on any atom is -0.458 e. The summed E-state index contributed by atoms with van der Waals surface area (Å²) < 4.78 is 5.17. The number of carbonyl (C=O) groups is 1. The molecule has 0 radical (unpaired) electrons. The molecule has 1 aromatic rings. The van der Waals surface area contributed by atoms with Crippen LogP contribution < -0.4 is 0 Å². The summed E-state index contributed by atoms with van der Waals surface area (Å²) in [6.45, 7) is 4.06. The number of aldehydes is 1. The Labute approximate surface area is 71.9 Å². The van der Waals surface area contributed by atoms with Crippen molar-refractivity contribution in [3.8, 4) is 0 Å². The highest BCUT2D eigenvalue weighted by Gasteiger charge is 1.97. The van der Waals surface area contributed by atoms with Crippen LogP contribution in [0, 0.1) is 0 Å². The molecule has 0 aliphatic heterocycles. The van der Waals surface area contributed by atoms with Gasteiger partial charge in [-0.3, -0.25) is 4.79 Å². The maximum atomic E-state index is 10.2. The zero-order valence-corrected chi connectivity index (χ0v) is 7.33. The lowest BCUT2D eigenvalue weighted by Crippen LogP contribution is -1.76. The molecule has 0 fully saturated rings. The van der Waals surface area contributed by atoms with Crippen molar-refractivity contribution < 1.29 is 9.21 Å². The van der Waals surface area contributed by atoms with Crippen molar-refractivity contribution in [2.45, 2.75) is 20.3 Å². The molecular formula is C10H12O2. The first kappa shape index (κ1) is 8.78. The molecule has 0 bridgehead atoms. The molecule has 2 heteroatoms. The number of allylic oxidation sites excluding steroid dienone is 2. The van der Waals surface area contributed by atoms with E-state index in [0.29, 0.717) is 12.0 Å². The van der Waals surface area contributed by atoms with Gasteiger partial charge < -0.3 is 4.42 Å². The van der Waals surface area contributed by atoms with Crippen LogP contribution in [-0.4, -0.2) is 6.29 Å². The smallest absolute Gasteiger partial charge is 0.185 e. The first-order chi connectivity index (χ1) is 5.72. The van der Waals surface area contributed by atoms with E-state index in [-0.39, 0.29) is 0 Å². The monoisotopic (exact) mass is 164 g/mol. The molecule has 0 aliphatic carbocycles. The summed E-state index contributed by atoms with van der Waals surface area (Å²) in [6.07, 6.45) is 3.54. The lowest BCUT2D eigenvalue weighted by atomic mass is 10.2. The van der Waals surface area contributed by atoms with Crippen LogP contribution in [0.25, 0.3) is 0 Å². The maximum absolute atomic E-state index is 10.2. The van der Waals surface area contributed by atoms with E-state index < -0.39 is 0 Å². The summed E-state index contributed by atoms with van der Waals surface area (Å²) in [5, 5.41) is 0. The van der Waals surface area contributed by atoms with Gasteiger partial charge in [0.25, 0.3) is 0 Å². The first-order valence-corrected chi connectivity index (χ1v) is 3.89. The van der Waals surface area contributed by atoms with Crippen LogP contribution in [0.2, 0.25) is 0 Å². The quantitative estimate of drug-likeness (QED) is 0.507. The van der Waals surface area contributed by atoms with Gasteiger partial charge in [0.05, 0.1) is 0 Å². The third-order valence-electron chi connectivity index (χ3n) is 1.51.